The lowest BCUT2D eigenvalue weighted by Gasteiger charge is -2.23. The topological polar surface area (TPSA) is 101 Å². The Labute approximate surface area is 139 Å². The molecule has 0 bridgehead atoms. The number of hydrogen-bond donors (Lipinski definition) is 1. The van der Waals surface area contributed by atoms with Crippen LogP contribution >= 0.6 is 0 Å². The predicted octanol–water partition coefficient (Wildman–Crippen LogP) is -0.793. The van der Waals surface area contributed by atoms with Crippen LogP contribution < -0.4 is 11.2 Å². The third-order valence-corrected chi connectivity index (χ3v) is 3.95. The van der Waals surface area contributed by atoms with Crippen LogP contribution in [-0.2, 0) is 30.7 Å². The lowest BCUT2D eigenvalue weighted by molar-refractivity contribution is -0.0659. The maximum absolute atomic E-state index is 12.2. The molecule has 1 saturated heterocycles. The number of methoxy groups -OCH3 is 3. The number of aromatic nitrogens is 2. The quantitative estimate of drug-likeness (QED) is 0.617. The third-order valence-electron chi connectivity index (χ3n) is 3.95. The van der Waals surface area contributed by atoms with Crippen LogP contribution in [-0.4, -0.2) is 69.0 Å². The van der Waals surface area contributed by atoms with Gasteiger partial charge in [-0.15, -0.1) is 0 Å². The van der Waals surface area contributed by atoms with E-state index in [1.807, 2.05) is 0 Å². The molecule has 1 fully saturated rings. The lowest BCUT2D eigenvalue weighted by Crippen LogP contribution is -2.39. The molecule has 1 aliphatic heterocycles. The number of ether oxygens (including phenoxy) is 5. The van der Waals surface area contributed by atoms with Crippen LogP contribution in [0.4, 0.5) is 0 Å². The summed E-state index contributed by atoms with van der Waals surface area (Å²) in [5, 5.41) is 0. The SMILES string of the molecule is COCCO[C@H]1C(OC)[C@@H](COC)O[C@H]1c1cn(C)c(=O)[nH]c1=O. The van der Waals surface area contributed by atoms with E-state index in [2.05, 4.69) is 4.98 Å². The van der Waals surface area contributed by atoms with Gasteiger partial charge in [-0.25, -0.2) is 4.79 Å². The van der Waals surface area contributed by atoms with Gasteiger partial charge in [-0.3, -0.25) is 9.78 Å². The molecule has 1 unspecified atom stereocenters. The second-order valence-corrected chi connectivity index (χ2v) is 5.53. The summed E-state index contributed by atoms with van der Waals surface area (Å²) in [6.07, 6.45) is -0.551. The van der Waals surface area contributed by atoms with E-state index in [9.17, 15) is 9.59 Å². The number of hydrogen-bond acceptors (Lipinski definition) is 7. The van der Waals surface area contributed by atoms with Crippen molar-refractivity contribution in [2.45, 2.75) is 24.4 Å². The zero-order valence-corrected chi connectivity index (χ0v) is 14.3. The molecular formula is C15H24N2O7. The van der Waals surface area contributed by atoms with Crippen LogP contribution in [0.5, 0.6) is 0 Å². The maximum Gasteiger partial charge on any atom is 0.328 e. The van der Waals surface area contributed by atoms with Crippen molar-refractivity contribution in [1.82, 2.24) is 9.55 Å². The van der Waals surface area contributed by atoms with Crippen LogP contribution in [0.1, 0.15) is 11.7 Å². The highest BCUT2D eigenvalue weighted by Crippen LogP contribution is 2.35. The van der Waals surface area contributed by atoms with Crippen molar-refractivity contribution in [1.29, 1.82) is 0 Å². The summed E-state index contributed by atoms with van der Waals surface area (Å²) in [4.78, 5) is 26.0. The molecule has 1 aromatic rings. The van der Waals surface area contributed by atoms with Crippen molar-refractivity contribution in [3.05, 3.63) is 32.6 Å². The van der Waals surface area contributed by atoms with Crippen LogP contribution in [0.3, 0.4) is 0 Å². The number of nitrogens with one attached hydrogen (secondary N) is 1. The highest BCUT2D eigenvalue weighted by atomic mass is 16.6. The van der Waals surface area contributed by atoms with Crippen LogP contribution in [0.15, 0.2) is 15.8 Å². The molecule has 136 valence electrons. The summed E-state index contributed by atoms with van der Waals surface area (Å²) in [6, 6.07) is 0. The van der Waals surface area contributed by atoms with Gasteiger partial charge in [-0.2, -0.15) is 0 Å². The second kappa shape index (κ2) is 8.54. The standard InChI is InChI=1S/C15H24N2O7/c1-17-7-9(14(18)16-15(17)19)11-13(23-6-5-20-2)12(22-4)10(24-11)8-21-3/h7,10-13H,5-6,8H2,1-4H3,(H,16,18,19)/t10-,11+,12?,13-/m1/s1. The highest BCUT2D eigenvalue weighted by Gasteiger charge is 2.47. The van der Waals surface area contributed by atoms with E-state index >= 15 is 0 Å². The van der Waals surface area contributed by atoms with Crippen LogP contribution in [0, 0.1) is 0 Å². The molecule has 9 nitrogen and oxygen atoms in total. The summed E-state index contributed by atoms with van der Waals surface area (Å²) < 4.78 is 28.8. The van der Waals surface area contributed by atoms with E-state index in [-0.39, 0.29) is 0 Å². The summed E-state index contributed by atoms with van der Waals surface area (Å²) in [5.41, 5.74) is -0.688. The summed E-state index contributed by atoms with van der Waals surface area (Å²) in [7, 11) is 6.24. The van der Waals surface area contributed by atoms with Gasteiger partial charge in [0.05, 0.1) is 25.4 Å². The van der Waals surface area contributed by atoms with Crippen molar-refractivity contribution < 1.29 is 23.7 Å². The highest BCUT2D eigenvalue weighted by molar-refractivity contribution is 5.14. The Morgan fingerprint density at radius 3 is 2.54 bits per heavy atom. The van der Waals surface area contributed by atoms with Gasteiger partial charge in [0.15, 0.2) is 0 Å². The van der Waals surface area contributed by atoms with E-state index < -0.39 is 35.7 Å². The molecule has 9 heteroatoms. The largest absolute Gasteiger partial charge is 0.382 e. The Morgan fingerprint density at radius 1 is 1.17 bits per heavy atom. The van der Waals surface area contributed by atoms with Crippen molar-refractivity contribution in [2.75, 3.05) is 41.2 Å². The average Bonchev–Trinajstić information content (AvgIpc) is 2.89. The molecule has 0 radical (unpaired) electrons. The number of aryl methyl sites for hydroxylation is 1. The molecule has 4 atom stereocenters. The maximum atomic E-state index is 12.2. The minimum atomic E-state index is -0.678. The van der Waals surface area contributed by atoms with Gasteiger partial charge in [0.1, 0.15) is 24.4 Å². The Kier molecular flexibility index (Phi) is 6.69. The Bertz CT molecular complexity index is 641. The monoisotopic (exact) mass is 344 g/mol. The van der Waals surface area contributed by atoms with Crippen molar-refractivity contribution in [3.8, 4) is 0 Å². The molecule has 0 saturated carbocycles. The Hall–Kier alpha value is -1.52. The van der Waals surface area contributed by atoms with Crippen molar-refractivity contribution in [3.63, 3.8) is 0 Å². The third kappa shape index (κ3) is 3.93. The van der Waals surface area contributed by atoms with Crippen LogP contribution in [0.25, 0.3) is 0 Å². The minimum absolute atomic E-state index is 0.294. The van der Waals surface area contributed by atoms with E-state index in [0.717, 1.165) is 0 Å². The smallest absolute Gasteiger partial charge is 0.328 e. The van der Waals surface area contributed by atoms with E-state index in [4.69, 9.17) is 23.7 Å². The molecule has 24 heavy (non-hydrogen) atoms. The first-order valence-corrected chi connectivity index (χ1v) is 7.61. The fourth-order valence-corrected chi connectivity index (χ4v) is 2.80. The van der Waals surface area contributed by atoms with E-state index in [0.29, 0.717) is 25.4 Å². The van der Waals surface area contributed by atoms with Gasteiger partial charge in [-0.05, 0) is 0 Å². The predicted molar refractivity (Wildman–Crippen MR) is 84.2 cm³/mol. The first-order chi connectivity index (χ1) is 11.5. The van der Waals surface area contributed by atoms with Gasteiger partial charge < -0.3 is 28.3 Å². The van der Waals surface area contributed by atoms with Crippen molar-refractivity contribution >= 4 is 0 Å². The first kappa shape index (κ1) is 18.8. The molecule has 0 aromatic carbocycles. The molecule has 1 aromatic heterocycles. The van der Waals surface area contributed by atoms with Crippen LogP contribution in [0.2, 0.25) is 0 Å². The number of rotatable bonds is 8. The summed E-state index contributed by atoms with van der Waals surface area (Å²) in [5.74, 6) is 0. The molecule has 1 aliphatic rings. The molecule has 0 spiro atoms. The zero-order chi connectivity index (χ0) is 17.7. The van der Waals surface area contributed by atoms with E-state index in [1.54, 1.807) is 28.4 Å². The lowest BCUT2D eigenvalue weighted by atomic mass is 10.0. The first-order valence-electron chi connectivity index (χ1n) is 7.61. The zero-order valence-electron chi connectivity index (χ0n) is 14.3. The number of nitrogens with zero attached hydrogens (tertiary/aromatic N) is 1. The summed E-state index contributed by atoms with van der Waals surface area (Å²) >= 11 is 0. The molecular weight excluding hydrogens is 320 g/mol. The number of aromatic amines is 1. The molecule has 0 aliphatic carbocycles. The molecule has 2 heterocycles. The van der Waals surface area contributed by atoms with Gasteiger partial charge >= 0.3 is 5.69 Å². The van der Waals surface area contributed by atoms with Crippen molar-refractivity contribution in [2.24, 2.45) is 7.05 Å². The fourth-order valence-electron chi connectivity index (χ4n) is 2.80. The normalized spacial score (nSPS) is 26.8. The number of H-pyrrole nitrogens is 1. The van der Waals surface area contributed by atoms with E-state index in [1.165, 1.54) is 10.8 Å². The summed E-state index contributed by atoms with van der Waals surface area (Å²) in [6.45, 7) is 1.02. The fraction of sp³-hybridized carbons (Fsp3) is 0.733. The van der Waals surface area contributed by atoms with Gasteiger partial charge in [-0.1, -0.05) is 0 Å². The Morgan fingerprint density at radius 2 is 1.92 bits per heavy atom. The molecule has 2 rings (SSSR count). The minimum Gasteiger partial charge on any atom is -0.382 e. The Balaban J connectivity index is 2.35. The van der Waals surface area contributed by atoms with Gasteiger partial charge in [0, 0.05) is 34.6 Å². The average molecular weight is 344 g/mol. The van der Waals surface area contributed by atoms with Gasteiger partial charge in [0.25, 0.3) is 5.56 Å². The molecule has 1 N–H and O–H groups in total. The molecule has 0 amide bonds. The van der Waals surface area contributed by atoms with Gasteiger partial charge in [0.2, 0.25) is 0 Å². The second-order valence-electron chi connectivity index (χ2n) is 5.53.